The first-order valence-electron chi connectivity index (χ1n) is 10.7. The molecule has 0 bridgehead atoms. The molecule has 0 saturated heterocycles. The van der Waals surface area contributed by atoms with Gasteiger partial charge >= 0.3 is 6.09 Å². The van der Waals surface area contributed by atoms with Gasteiger partial charge in [-0.15, -0.1) is 0 Å². The lowest BCUT2D eigenvalue weighted by Gasteiger charge is -2.12. The summed E-state index contributed by atoms with van der Waals surface area (Å²) in [5.74, 6) is 3.23. The van der Waals surface area contributed by atoms with E-state index in [0.717, 1.165) is 5.39 Å². The zero-order chi connectivity index (χ0) is 24.5. The van der Waals surface area contributed by atoms with Crippen molar-refractivity contribution in [1.82, 2.24) is 10.3 Å². The van der Waals surface area contributed by atoms with E-state index in [1.807, 2.05) is 19.9 Å². The standard InChI is InChI=1S/C26H28N2O6/c1-6-18(28-26(29)34-23-10-8-7-9-22(23)30-3)12-11-17(2)33-21-13-14-27-20-16-25(32-5)24(31-4)15-19(20)21/h7-16H,6H2,1-5H3,(H,28,29)/b17-11+,18-12+. The zero-order valence-electron chi connectivity index (χ0n) is 19.9. The highest BCUT2D eigenvalue weighted by Crippen LogP contribution is 2.35. The number of aromatic nitrogens is 1. The Labute approximate surface area is 198 Å². The average molecular weight is 465 g/mol. The van der Waals surface area contributed by atoms with E-state index >= 15 is 0 Å². The second-order valence-corrected chi connectivity index (χ2v) is 7.12. The monoisotopic (exact) mass is 464 g/mol. The summed E-state index contributed by atoms with van der Waals surface area (Å²) < 4.78 is 27.4. The smallest absolute Gasteiger partial charge is 0.416 e. The third kappa shape index (κ3) is 5.98. The second kappa shape index (κ2) is 11.6. The molecule has 0 spiro atoms. The summed E-state index contributed by atoms with van der Waals surface area (Å²) in [6.45, 7) is 3.75. The highest BCUT2D eigenvalue weighted by molar-refractivity contribution is 5.88. The van der Waals surface area contributed by atoms with E-state index in [-0.39, 0.29) is 0 Å². The number of benzene rings is 2. The van der Waals surface area contributed by atoms with E-state index in [4.69, 9.17) is 23.7 Å². The lowest BCUT2D eigenvalue weighted by molar-refractivity contribution is 0.201. The third-order valence-corrected chi connectivity index (χ3v) is 4.91. The molecule has 34 heavy (non-hydrogen) atoms. The van der Waals surface area contributed by atoms with Gasteiger partial charge in [-0.25, -0.2) is 4.79 Å². The normalized spacial score (nSPS) is 11.7. The molecule has 8 heteroatoms. The van der Waals surface area contributed by atoms with Crippen molar-refractivity contribution in [2.45, 2.75) is 20.3 Å². The molecule has 0 radical (unpaired) electrons. The lowest BCUT2D eigenvalue weighted by atomic mass is 10.2. The number of nitrogens with zero attached hydrogens (tertiary/aromatic N) is 1. The highest BCUT2D eigenvalue weighted by atomic mass is 16.6. The SMILES string of the molecule is CC/C(=C\C=C(/C)Oc1ccnc2cc(OC)c(OC)cc12)NC(=O)Oc1ccccc1OC. The van der Waals surface area contributed by atoms with Crippen LogP contribution in [0.15, 0.2) is 72.3 Å². The molecule has 3 aromatic rings. The molecule has 1 heterocycles. The number of carbonyl (C=O) groups excluding carboxylic acids is 1. The van der Waals surface area contributed by atoms with Crippen LogP contribution in [0.2, 0.25) is 0 Å². The van der Waals surface area contributed by atoms with Crippen LogP contribution in [0.3, 0.4) is 0 Å². The van der Waals surface area contributed by atoms with Crippen LogP contribution in [0, 0.1) is 0 Å². The number of carbonyl (C=O) groups is 1. The maximum absolute atomic E-state index is 12.3. The molecule has 1 aromatic heterocycles. The number of nitrogens with one attached hydrogen (secondary N) is 1. The van der Waals surface area contributed by atoms with Gasteiger partial charge in [0.25, 0.3) is 0 Å². The van der Waals surface area contributed by atoms with E-state index in [1.165, 1.54) is 7.11 Å². The Hall–Kier alpha value is -4.20. The molecule has 1 N–H and O–H groups in total. The summed E-state index contributed by atoms with van der Waals surface area (Å²) in [5.41, 5.74) is 1.38. The molecule has 178 valence electrons. The van der Waals surface area contributed by atoms with Gasteiger partial charge in [-0.05, 0) is 49.8 Å². The molecule has 0 saturated carbocycles. The maximum Gasteiger partial charge on any atom is 0.416 e. The van der Waals surface area contributed by atoms with Crippen molar-refractivity contribution >= 4 is 17.0 Å². The minimum absolute atomic E-state index is 0.338. The summed E-state index contributed by atoms with van der Waals surface area (Å²) in [4.78, 5) is 16.7. The van der Waals surface area contributed by atoms with E-state index in [9.17, 15) is 4.79 Å². The van der Waals surface area contributed by atoms with Gasteiger partial charge in [0.15, 0.2) is 23.0 Å². The van der Waals surface area contributed by atoms with Gasteiger partial charge in [0.05, 0.1) is 26.8 Å². The van der Waals surface area contributed by atoms with Crippen molar-refractivity contribution in [3.63, 3.8) is 0 Å². The van der Waals surface area contributed by atoms with Crippen molar-refractivity contribution in [2.75, 3.05) is 21.3 Å². The number of rotatable bonds is 9. The number of allylic oxidation sites excluding steroid dienone is 4. The predicted molar refractivity (Wildman–Crippen MR) is 130 cm³/mol. The van der Waals surface area contributed by atoms with Crippen molar-refractivity contribution < 1.29 is 28.5 Å². The number of ether oxygens (including phenoxy) is 5. The second-order valence-electron chi connectivity index (χ2n) is 7.12. The first-order valence-corrected chi connectivity index (χ1v) is 10.7. The average Bonchev–Trinajstić information content (AvgIpc) is 2.86. The van der Waals surface area contributed by atoms with Crippen LogP contribution in [0.1, 0.15) is 20.3 Å². The minimum atomic E-state index is -0.606. The predicted octanol–water partition coefficient (Wildman–Crippen LogP) is 5.63. The van der Waals surface area contributed by atoms with Gasteiger partial charge in [0.2, 0.25) is 0 Å². The van der Waals surface area contributed by atoms with Crippen LogP contribution in [0.4, 0.5) is 4.79 Å². The van der Waals surface area contributed by atoms with Gasteiger partial charge in [-0.3, -0.25) is 10.3 Å². The molecule has 0 fully saturated rings. The van der Waals surface area contributed by atoms with Crippen molar-refractivity contribution in [1.29, 1.82) is 0 Å². The van der Waals surface area contributed by atoms with Gasteiger partial charge in [-0.2, -0.15) is 0 Å². The fraction of sp³-hybridized carbons (Fsp3) is 0.231. The van der Waals surface area contributed by atoms with E-state index in [2.05, 4.69) is 10.3 Å². The van der Waals surface area contributed by atoms with Crippen LogP contribution in [0.25, 0.3) is 10.9 Å². The molecule has 0 atom stereocenters. The van der Waals surface area contributed by atoms with Crippen molar-refractivity contribution in [2.24, 2.45) is 0 Å². The Morgan fingerprint density at radius 2 is 1.56 bits per heavy atom. The molecule has 1 amide bonds. The summed E-state index contributed by atoms with van der Waals surface area (Å²) in [7, 11) is 4.67. The van der Waals surface area contributed by atoms with E-state index in [0.29, 0.717) is 52.1 Å². The Balaban J connectivity index is 1.74. The Kier molecular flexibility index (Phi) is 8.34. The third-order valence-electron chi connectivity index (χ3n) is 4.91. The lowest BCUT2D eigenvalue weighted by Crippen LogP contribution is -2.26. The summed E-state index contributed by atoms with van der Waals surface area (Å²) >= 11 is 0. The number of hydrogen-bond donors (Lipinski definition) is 1. The number of methoxy groups -OCH3 is 3. The molecule has 2 aromatic carbocycles. The first-order chi connectivity index (χ1) is 16.5. The Morgan fingerprint density at radius 3 is 2.24 bits per heavy atom. The molecule has 3 rings (SSSR count). The summed E-state index contributed by atoms with van der Waals surface area (Å²) in [6.07, 6.45) is 5.19. The summed E-state index contributed by atoms with van der Waals surface area (Å²) in [5, 5.41) is 3.53. The number of amides is 1. The maximum atomic E-state index is 12.3. The van der Waals surface area contributed by atoms with Crippen LogP contribution < -0.4 is 29.0 Å². The highest BCUT2D eigenvalue weighted by Gasteiger charge is 2.12. The van der Waals surface area contributed by atoms with Crippen LogP contribution in [-0.2, 0) is 0 Å². The van der Waals surface area contributed by atoms with Gasteiger partial charge < -0.3 is 23.7 Å². The number of para-hydroxylation sites is 2. The Bertz CT molecular complexity index is 1220. The number of fused-ring (bicyclic) bond motifs is 1. The number of pyridine rings is 1. The minimum Gasteiger partial charge on any atom is -0.493 e. The quantitative estimate of drug-likeness (QED) is 0.324. The molecule has 0 aliphatic carbocycles. The van der Waals surface area contributed by atoms with Crippen LogP contribution >= 0.6 is 0 Å². The summed E-state index contributed by atoms with van der Waals surface area (Å²) in [6, 6.07) is 12.3. The molecule has 8 nitrogen and oxygen atoms in total. The van der Waals surface area contributed by atoms with Gasteiger partial charge in [0, 0.05) is 23.3 Å². The largest absolute Gasteiger partial charge is 0.493 e. The van der Waals surface area contributed by atoms with E-state index < -0.39 is 6.09 Å². The van der Waals surface area contributed by atoms with Gasteiger partial charge in [0.1, 0.15) is 11.5 Å². The molecule has 0 unspecified atom stereocenters. The molecule has 0 aliphatic rings. The Morgan fingerprint density at radius 1 is 0.882 bits per heavy atom. The topological polar surface area (TPSA) is 88.1 Å². The molecule has 0 aliphatic heterocycles. The van der Waals surface area contributed by atoms with Gasteiger partial charge in [-0.1, -0.05) is 19.1 Å². The van der Waals surface area contributed by atoms with E-state index in [1.54, 1.807) is 69.0 Å². The van der Waals surface area contributed by atoms with Crippen LogP contribution in [0.5, 0.6) is 28.7 Å². The first kappa shape index (κ1) is 24.4. The van der Waals surface area contributed by atoms with Crippen molar-refractivity contribution in [3.8, 4) is 28.7 Å². The molecular formula is C26H28N2O6. The molecular weight excluding hydrogens is 436 g/mol. The van der Waals surface area contributed by atoms with Crippen molar-refractivity contribution in [3.05, 3.63) is 72.3 Å². The fourth-order valence-corrected chi connectivity index (χ4v) is 3.17. The van der Waals surface area contributed by atoms with Crippen LogP contribution in [-0.4, -0.2) is 32.4 Å². The number of hydrogen-bond acceptors (Lipinski definition) is 7. The fourth-order valence-electron chi connectivity index (χ4n) is 3.17. The zero-order valence-corrected chi connectivity index (χ0v) is 19.9.